The fourth-order valence-corrected chi connectivity index (χ4v) is 3.00. The zero-order valence-corrected chi connectivity index (χ0v) is 14.9. The topological polar surface area (TPSA) is 68.3 Å². The molecule has 0 fully saturated rings. The molecule has 2 rings (SSSR count). The maximum absolute atomic E-state index is 12.1. The van der Waals surface area contributed by atoms with E-state index in [0.717, 1.165) is 11.1 Å². The second-order valence-electron chi connectivity index (χ2n) is 4.92. The highest BCUT2D eigenvalue weighted by Crippen LogP contribution is 2.23. The molecule has 5 nitrogen and oxygen atoms in total. The molecule has 0 bridgehead atoms. The SMILES string of the molecule is CCOC(=O)Cc1csc(NC(=O)/C=C(/C)c2ccccc2Cl)n1. The van der Waals surface area contributed by atoms with Gasteiger partial charge in [-0.2, -0.15) is 0 Å². The van der Waals surface area contributed by atoms with Crippen molar-refractivity contribution in [3.05, 3.63) is 52.0 Å². The number of nitrogens with zero attached hydrogens (tertiary/aromatic N) is 1. The first kappa shape index (κ1) is 18.2. The van der Waals surface area contributed by atoms with Crippen LogP contribution in [0.15, 0.2) is 35.7 Å². The van der Waals surface area contributed by atoms with E-state index >= 15 is 0 Å². The minimum atomic E-state index is -0.338. The molecule has 0 aliphatic carbocycles. The number of hydrogen-bond acceptors (Lipinski definition) is 5. The molecule has 0 saturated carbocycles. The lowest BCUT2D eigenvalue weighted by molar-refractivity contribution is -0.142. The summed E-state index contributed by atoms with van der Waals surface area (Å²) in [6.07, 6.45) is 1.56. The first-order valence-corrected chi connectivity index (χ1v) is 8.59. The maximum atomic E-state index is 12.1. The lowest BCUT2D eigenvalue weighted by Gasteiger charge is -2.04. The number of anilines is 1. The standard InChI is InChI=1S/C17H17ClN2O3S/c1-3-23-16(22)9-12-10-24-17(19-12)20-15(21)8-11(2)13-6-4-5-7-14(13)18/h4-8,10H,3,9H2,1-2H3,(H,19,20,21)/b11-8-. The number of halogens is 1. The Bertz CT molecular complexity index is 771. The Balaban J connectivity index is 2.00. The van der Waals surface area contributed by atoms with Crippen LogP contribution in [0.2, 0.25) is 5.02 Å². The van der Waals surface area contributed by atoms with Crippen LogP contribution < -0.4 is 5.32 Å². The van der Waals surface area contributed by atoms with E-state index in [4.69, 9.17) is 16.3 Å². The number of carbonyl (C=O) groups is 2. The summed E-state index contributed by atoms with van der Waals surface area (Å²) >= 11 is 7.37. The number of esters is 1. The molecule has 0 unspecified atom stereocenters. The highest BCUT2D eigenvalue weighted by molar-refractivity contribution is 7.14. The van der Waals surface area contributed by atoms with Crippen molar-refractivity contribution in [3.8, 4) is 0 Å². The first-order chi connectivity index (χ1) is 11.5. The van der Waals surface area contributed by atoms with E-state index in [9.17, 15) is 9.59 Å². The van der Waals surface area contributed by atoms with Crippen LogP contribution in [0.25, 0.3) is 5.57 Å². The van der Waals surface area contributed by atoms with Crippen molar-refractivity contribution in [2.45, 2.75) is 20.3 Å². The van der Waals surface area contributed by atoms with Gasteiger partial charge in [-0.15, -0.1) is 11.3 Å². The van der Waals surface area contributed by atoms with Crippen molar-refractivity contribution < 1.29 is 14.3 Å². The summed E-state index contributed by atoms with van der Waals surface area (Å²) in [6.45, 7) is 3.89. The third-order valence-electron chi connectivity index (χ3n) is 3.06. The van der Waals surface area contributed by atoms with Crippen LogP contribution in [0, 0.1) is 0 Å². The van der Waals surface area contributed by atoms with Crippen LogP contribution in [-0.2, 0) is 20.7 Å². The van der Waals surface area contributed by atoms with Crippen molar-refractivity contribution >= 4 is 45.5 Å². The quantitative estimate of drug-likeness (QED) is 0.622. The predicted octanol–water partition coefficient (Wildman–Crippen LogP) is 3.94. The predicted molar refractivity (Wildman–Crippen MR) is 96.2 cm³/mol. The Labute approximate surface area is 149 Å². The van der Waals surface area contributed by atoms with E-state index < -0.39 is 0 Å². The van der Waals surface area contributed by atoms with Gasteiger partial charge < -0.3 is 4.74 Å². The highest BCUT2D eigenvalue weighted by atomic mass is 35.5. The molecule has 126 valence electrons. The van der Waals surface area contributed by atoms with Crippen molar-refractivity contribution in [2.75, 3.05) is 11.9 Å². The van der Waals surface area contributed by atoms with Gasteiger partial charge in [-0.1, -0.05) is 29.8 Å². The fourth-order valence-electron chi connectivity index (χ4n) is 2.00. The highest BCUT2D eigenvalue weighted by Gasteiger charge is 2.10. The number of amides is 1. The van der Waals surface area contributed by atoms with Gasteiger partial charge in [-0.3, -0.25) is 14.9 Å². The number of allylic oxidation sites excluding steroid dienone is 1. The summed E-state index contributed by atoms with van der Waals surface area (Å²) < 4.78 is 4.87. The van der Waals surface area contributed by atoms with Crippen molar-refractivity contribution in [2.24, 2.45) is 0 Å². The molecule has 1 heterocycles. The molecule has 1 aromatic carbocycles. The van der Waals surface area contributed by atoms with Crippen LogP contribution in [0.1, 0.15) is 25.1 Å². The number of aromatic nitrogens is 1. The molecule has 7 heteroatoms. The van der Waals surface area contributed by atoms with Gasteiger partial charge in [0.05, 0.1) is 18.7 Å². The maximum Gasteiger partial charge on any atom is 0.311 e. The number of thiazole rings is 1. The summed E-state index contributed by atoms with van der Waals surface area (Å²) in [5.41, 5.74) is 2.12. The minimum absolute atomic E-state index is 0.0920. The normalized spacial score (nSPS) is 11.2. The van der Waals surface area contributed by atoms with Gasteiger partial charge in [0.1, 0.15) is 0 Å². The second kappa shape index (κ2) is 8.61. The fraction of sp³-hybridized carbons (Fsp3) is 0.235. The number of nitrogens with one attached hydrogen (secondary N) is 1. The molecule has 24 heavy (non-hydrogen) atoms. The molecule has 2 aromatic rings. The Kier molecular flexibility index (Phi) is 6.52. The van der Waals surface area contributed by atoms with Crippen LogP contribution in [0.5, 0.6) is 0 Å². The van der Waals surface area contributed by atoms with Gasteiger partial charge in [0, 0.05) is 16.5 Å². The average molecular weight is 365 g/mol. The molecule has 0 atom stereocenters. The molecule has 1 amide bonds. The van der Waals surface area contributed by atoms with E-state index in [2.05, 4.69) is 10.3 Å². The summed E-state index contributed by atoms with van der Waals surface area (Å²) in [5.74, 6) is -0.639. The third-order valence-corrected chi connectivity index (χ3v) is 4.20. The van der Waals surface area contributed by atoms with Crippen molar-refractivity contribution in [3.63, 3.8) is 0 Å². The zero-order chi connectivity index (χ0) is 17.5. The van der Waals surface area contributed by atoms with E-state index in [1.165, 1.54) is 17.4 Å². The third kappa shape index (κ3) is 5.18. The molecule has 0 saturated heterocycles. The Hall–Kier alpha value is -2.18. The van der Waals surface area contributed by atoms with Gasteiger partial charge in [0.2, 0.25) is 5.91 Å². The van der Waals surface area contributed by atoms with Crippen LogP contribution >= 0.6 is 22.9 Å². The number of rotatable bonds is 6. The summed E-state index contributed by atoms with van der Waals surface area (Å²) in [4.78, 5) is 27.7. The van der Waals surface area contributed by atoms with Crippen LogP contribution in [0.4, 0.5) is 5.13 Å². The molecule has 1 aromatic heterocycles. The van der Waals surface area contributed by atoms with Gasteiger partial charge >= 0.3 is 5.97 Å². The van der Waals surface area contributed by atoms with Gasteiger partial charge in [0.25, 0.3) is 0 Å². The molecule has 0 spiro atoms. The number of hydrogen-bond donors (Lipinski definition) is 1. The first-order valence-electron chi connectivity index (χ1n) is 7.33. The monoisotopic (exact) mass is 364 g/mol. The lowest BCUT2D eigenvalue weighted by atomic mass is 10.1. The van der Waals surface area contributed by atoms with E-state index in [0.29, 0.717) is 22.5 Å². The van der Waals surface area contributed by atoms with Gasteiger partial charge in [-0.05, 0) is 31.1 Å². The molecular formula is C17H17ClN2O3S. The van der Waals surface area contributed by atoms with E-state index in [1.807, 2.05) is 25.1 Å². The zero-order valence-electron chi connectivity index (χ0n) is 13.3. The smallest absolute Gasteiger partial charge is 0.311 e. The van der Waals surface area contributed by atoms with E-state index in [-0.39, 0.29) is 18.3 Å². The van der Waals surface area contributed by atoms with E-state index in [1.54, 1.807) is 18.4 Å². The lowest BCUT2D eigenvalue weighted by Crippen LogP contribution is -2.10. The largest absolute Gasteiger partial charge is 0.466 e. The van der Waals surface area contributed by atoms with Crippen molar-refractivity contribution in [1.82, 2.24) is 4.98 Å². The number of benzene rings is 1. The van der Waals surface area contributed by atoms with Gasteiger partial charge in [0.15, 0.2) is 5.13 Å². The molecule has 0 aliphatic rings. The van der Waals surface area contributed by atoms with Crippen LogP contribution in [0.3, 0.4) is 0 Å². The summed E-state index contributed by atoms with van der Waals surface area (Å²) in [6, 6.07) is 7.32. The summed E-state index contributed by atoms with van der Waals surface area (Å²) in [5, 5.41) is 5.42. The van der Waals surface area contributed by atoms with Crippen LogP contribution in [-0.4, -0.2) is 23.5 Å². The summed E-state index contributed by atoms with van der Waals surface area (Å²) in [7, 11) is 0. The molecular weight excluding hydrogens is 348 g/mol. The Morgan fingerprint density at radius 3 is 2.83 bits per heavy atom. The minimum Gasteiger partial charge on any atom is -0.466 e. The Morgan fingerprint density at radius 1 is 1.38 bits per heavy atom. The second-order valence-corrected chi connectivity index (χ2v) is 6.19. The van der Waals surface area contributed by atoms with Gasteiger partial charge in [-0.25, -0.2) is 4.98 Å². The molecule has 0 aliphatic heterocycles. The Morgan fingerprint density at radius 2 is 2.12 bits per heavy atom. The van der Waals surface area contributed by atoms with Crippen molar-refractivity contribution in [1.29, 1.82) is 0 Å². The average Bonchev–Trinajstić information content (AvgIpc) is 2.94. The molecule has 1 N–H and O–H groups in total. The molecule has 0 radical (unpaired) electrons. The number of carbonyl (C=O) groups excluding carboxylic acids is 2. The number of ether oxygens (including phenoxy) is 1.